The average Bonchev–Trinajstić information content (AvgIpc) is 3.49. The maximum absolute atomic E-state index is 13.5. The van der Waals surface area contributed by atoms with Gasteiger partial charge >= 0.3 is 5.97 Å². The molecule has 0 aliphatic carbocycles. The molecule has 0 saturated carbocycles. The molecule has 5 aromatic rings. The first kappa shape index (κ1) is 23.8. The first-order chi connectivity index (χ1) is 17.6. The van der Waals surface area contributed by atoms with Crippen molar-refractivity contribution in [2.45, 2.75) is 26.8 Å². The predicted octanol–water partition coefficient (Wildman–Crippen LogP) is 6.34. The molecule has 0 bridgehead atoms. The molecule has 0 saturated heterocycles. The molecule has 0 atom stereocenters. The van der Waals surface area contributed by atoms with Crippen LogP contribution >= 0.6 is 11.7 Å². The van der Waals surface area contributed by atoms with Gasteiger partial charge in [-0.25, -0.2) is 4.79 Å². The number of ether oxygens (including phenoxy) is 3. The Bertz CT molecular complexity index is 1540. The quantitative estimate of drug-likeness (QED) is 0.220. The monoisotopic (exact) mass is 501 g/mol. The maximum Gasteiger partial charge on any atom is 0.355 e. The van der Waals surface area contributed by atoms with Crippen LogP contribution in [0.2, 0.25) is 0 Å². The largest absolute Gasteiger partial charge is 0.496 e. The van der Waals surface area contributed by atoms with Crippen LogP contribution in [-0.4, -0.2) is 39.6 Å². The van der Waals surface area contributed by atoms with E-state index in [1.54, 1.807) is 7.11 Å². The lowest BCUT2D eigenvalue weighted by atomic mass is 10.0. The van der Waals surface area contributed by atoms with Crippen molar-refractivity contribution in [3.63, 3.8) is 0 Å². The van der Waals surface area contributed by atoms with E-state index in [9.17, 15) is 4.79 Å². The molecule has 2 aromatic heterocycles. The van der Waals surface area contributed by atoms with Crippen molar-refractivity contribution < 1.29 is 19.0 Å². The second-order valence-electron chi connectivity index (χ2n) is 8.34. The number of nitrogens with zero attached hydrogens (tertiary/aromatic N) is 3. The van der Waals surface area contributed by atoms with Crippen molar-refractivity contribution >= 4 is 39.6 Å². The summed E-state index contributed by atoms with van der Waals surface area (Å²) in [6.07, 6.45) is 0.904. The summed E-state index contributed by atoms with van der Waals surface area (Å²) in [5, 5.41) is 0.907. The summed E-state index contributed by atoms with van der Waals surface area (Å²) < 4.78 is 27.9. The molecule has 0 aliphatic rings. The van der Waals surface area contributed by atoms with E-state index in [1.807, 2.05) is 72.2 Å². The third kappa shape index (κ3) is 4.40. The molecular formula is C28H27N3O4S. The molecule has 0 spiro atoms. The van der Waals surface area contributed by atoms with Crippen molar-refractivity contribution in [1.29, 1.82) is 0 Å². The van der Waals surface area contributed by atoms with Gasteiger partial charge in [-0.2, -0.15) is 8.75 Å². The number of aromatic nitrogens is 3. The van der Waals surface area contributed by atoms with Crippen LogP contribution in [0.25, 0.3) is 33.1 Å². The minimum absolute atomic E-state index is 0.272. The zero-order valence-electron chi connectivity index (χ0n) is 20.5. The summed E-state index contributed by atoms with van der Waals surface area (Å²) in [5.41, 5.74) is 5.61. The number of esters is 1. The number of para-hydroxylation sites is 1. The van der Waals surface area contributed by atoms with E-state index in [4.69, 9.17) is 14.2 Å². The van der Waals surface area contributed by atoms with E-state index in [2.05, 4.69) is 15.7 Å². The smallest absolute Gasteiger partial charge is 0.355 e. The van der Waals surface area contributed by atoms with Crippen molar-refractivity contribution in [3.05, 3.63) is 71.9 Å². The second kappa shape index (κ2) is 10.4. The molecule has 0 amide bonds. The number of rotatable bonds is 9. The van der Waals surface area contributed by atoms with Gasteiger partial charge in [0, 0.05) is 22.0 Å². The van der Waals surface area contributed by atoms with E-state index in [0.717, 1.165) is 56.5 Å². The first-order valence-corrected chi connectivity index (χ1v) is 12.7. The Hall–Kier alpha value is -3.91. The zero-order valence-corrected chi connectivity index (χ0v) is 21.3. The van der Waals surface area contributed by atoms with E-state index in [0.29, 0.717) is 18.8 Å². The minimum atomic E-state index is -0.383. The highest BCUT2D eigenvalue weighted by Gasteiger charge is 2.26. The molecule has 184 valence electrons. The summed E-state index contributed by atoms with van der Waals surface area (Å²) in [6, 6.07) is 19.7. The topological polar surface area (TPSA) is 75.5 Å². The fourth-order valence-electron chi connectivity index (χ4n) is 4.45. The molecule has 5 rings (SSSR count). The molecule has 2 heterocycles. The van der Waals surface area contributed by atoms with Gasteiger partial charge in [-0.3, -0.25) is 0 Å². The van der Waals surface area contributed by atoms with Crippen LogP contribution in [0, 0.1) is 0 Å². The Labute approximate surface area is 213 Å². The van der Waals surface area contributed by atoms with Crippen molar-refractivity contribution in [2.24, 2.45) is 0 Å². The number of fused-ring (bicyclic) bond motifs is 2. The summed E-state index contributed by atoms with van der Waals surface area (Å²) >= 11 is 1.17. The van der Waals surface area contributed by atoms with E-state index >= 15 is 0 Å². The van der Waals surface area contributed by atoms with E-state index in [1.165, 1.54) is 11.7 Å². The molecule has 36 heavy (non-hydrogen) atoms. The third-order valence-corrected chi connectivity index (χ3v) is 6.60. The fourth-order valence-corrected chi connectivity index (χ4v) is 4.97. The lowest BCUT2D eigenvalue weighted by Crippen LogP contribution is -2.14. The Kier molecular flexibility index (Phi) is 6.86. The van der Waals surface area contributed by atoms with Crippen LogP contribution in [0.1, 0.15) is 36.3 Å². The van der Waals surface area contributed by atoms with Crippen molar-refractivity contribution in [2.75, 3.05) is 20.3 Å². The maximum atomic E-state index is 13.5. The lowest BCUT2D eigenvalue weighted by Gasteiger charge is -2.14. The van der Waals surface area contributed by atoms with E-state index in [-0.39, 0.29) is 12.6 Å². The SMILES string of the molecule is CCCOc1ccc2c(c1)c(-c1ccc3nsnc3c1)c(C(=O)OCC)n2Cc1ccccc1OC. The number of methoxy groups -OCH3 is 1. The number of carbonyl (C=O) groups is 1. The van der Waals surface area contributed by atoms with Crippen molar-refractivity contribution in [1.82, 2.24) is 13.3 Å². The Morgan fingerprint density at radius 3 is 2.64 bits per heavy atom. The summed E-state index contributed by atoms with van der Waals surface area (Å²) in [4.78, 5) is 13.5. The van der Waals surface area contributed by atoms with Crippen LogP contribution in [0.5, 0.6) is 11.5 Å². The number of hydrogen-bond acceptors (Lipinski definition) is 7. The lowest BCUT2D eigenvalue weighted by molar-refractivity contribution is 0.0516. The van der Waals surface area contributed by atoms with Gasteiger partial charge in [-0.15, -0.1) is 0 Å². The van der Waals surface area contributed by atoms with Gasteiger partial charge in [-0.05, 0) is 55.3 Å². The van der Waals surface area contributed by atoms with Crippen LogP contribution in [0.15, 0.2) is 60.7 Å². The highest BCUT2D eigenvalue weighted by molar-refractivity contribution is 7.00. The molecule has 0 radical (unpaired) electrons. The molecule has 7 nitrogen and oxygen atoms in total. The molecule has 8 heteroatoms. The molecule has 0 fully saturated rings. The summed E-state index contributed by atoms with van der Waals surface area (Å²) in [5.74, 6) is 1.13. The number of hydrogen-bond donors (Lipinski definition) is 0. The van der Waals surface area contributed by atoms with Crippen LogP contribution in [0.3, 0.4) is 0 Å². The summed E-state index contributed by atoms with van der Waals surface area (Å²) in [7, 11) is 1.65. The Balaban J connectivity index is 1.80. The zero-order chi connectivity index (χ0) is 25.1. The van der Waals surface area contributed by atoms with Gasteiger partial charge in [0.1, 0.15) is 28.2 Å². The standard InChI is InChI=1S/C28H27N3O4S/c1-4-14-35-20-11-13-24-21(16-20)26(18-10-12-22-23(15-18)30-36-29-22)27(28(32)34-5-2)31(24)17-19-8-6-7-9-25(19)33-3/h6-13,15-16H,4-5,14,17H2,1-3H3. The number of carbonyl (C=O) groups excluding carboxylic acids is 1. The molecule has 3 aromatic carbocycles. The molecule has 0 aliphatic heterocycles. The molecular weight excluding hydrogens is 474 g/mol. The van der Waals surface area contributed by atoms with Gasteiger partial charge in [0.2, 0.25) is 0 Å². The highest BCUT2D eigenvalue weighted by atomic mass is 32.1. The Morgan fingerprint density at radius 2 is 1.83 bits per heavy atom. The summed E-state index contributed by atoms with van der Waals surface area (Å²) in [6.45, 7) is 5.21. The van der Waals surface area contributed by atoms with Gasteiger partial charge in [0.15, 0.2) is 0 Å². The normalized spacial score (nSPS) is 11.2. The van der Waals surface area contributed by atoms with Gasteiger partial charge in [-0.1, -0.05) is 31.2 Å². The fraction of sp³-hybridized carbons (Fsp3) is 0.250. The van der Waals surface area contributed by atoms with Gasteiger partial charge in [0.25, 0.3) is 0 Å². The molecule has 0 unspecified atom stereocenters. The van der Waals surface area contributed by atoms with Crippen molar-refractivity contribution in [3.8, 4) is 22.6 Å². The van der Waals surface area contributed by atoms with E-state index < -0.39 is 0 Å². The second-order valence-corrected chi connectivity index (χ2v) is 8.87. The third-order valence-electron chi connectivity index (χ3n) is 6.04. The van der Waals surface area contributed by atoms with Crippen LogP contribution in [-0.2, 0) is 11.3 Å². The number of benzene rings is 3. The predicted molar refractivity (Wildman–Crippen MR) is 142 cm³/mol. The first-order valence-electron chi connectivity index (χ1n) is 11.9. The highest BCUT2D eigenvalue weighted by Crippen LogP contribution is 2.39. The average molecular weight is 502 g/mol. The van der Waals surface area contributed by atoms with Crippen LogP contribution < -0.4 is 9.47 Å². The van der Waals surface area contributed by atoms with Gasteiger partial charge in [0.05, 0.1) is 38.6 Å². The van der Waals surface area contributed by atoms with Gasteiger partial charge < -0.3 is 18.8 Å². The minimum Gasteiger partial charge on any atom is -0.496 e. The molecule has 0 N–H and O–H groups in total. The van der Waals surface area contributed by atoms with Crippen LogP contribution in [0.4, 0.5) is 0 Å². The Morgan fingerprint density at radius 1 is 1.00 bits per heavy atom.